The molecule has 1 heteroatoms. The lowest BCUT2D eigenvalue weighted by Gasteiger charge is -2.32. The van der Waals surface area contributed by atoms with Gasteiger partial charge in [-0.25, -0.2) is 0 Å². The number of para-hydroxylation sites is 1. The topological polar surface area (TPSA) is 12.0 Å². The molecule has 0 aliphatic heterocycles. The summed E-state index contributed by atoms with van der Waals surface area (Å²) in [6, 6.07) is 26.7. The predicted molar refractivity (Wildman–Crippen MR) is 116 cm³/mol. The number of hydrogen-bond donors (Lipinski definition) is 1. The summed E-state index contributed by atoms with van der Waals surface area (Å²) >= 11 is 0. The van der Waals surface area contributed by atoms with E-state index < -0.39 is 0 Å². The zero-order valence-corrected chi connectivity index (χ0v) is 16.5. The second-order valence-corrected chi connectivity index (χ2v) is 7.77. The lowest BCUT2D eigenvalue weighted by Crippen LogP contribution is -2.26. The number of fused-ring (bicyclic) bond motifs is 3. The first-order valence-electron chi connectivity index (χ1n) is 10.2. The normalized spacial score (nSPS) is 13.9. The van der Waals surface area contributed by atoms with Crippen molar-refractivity contribution in [3.8, 4) is 11.1 Å². The highest BCUT2D eigenvalue weighted by Crippen LogP contribution is 2.53. The molecule has 138 valence electrons. The maximum absolute atomic E-state index is 3.64. The van der Waals surface area contributed by atoms with Gasteiger partial charge >= 0.3 is 0 Å². The second kappa shape index (κ2) is 7.60. The number of aryl methyl sites for hydroxylation is 1. The minimum atomic E-state index is 0.162. The molecular formula is C26H29N. The van der Waals surface area contributed by atoms with Gasteiger partial charge in [-0.2, -0.15) is 0 Å². The van der Waals surface area contributed by atoms with Crippen LogP contribution in [0.1, 0.15) is 49.3 Å². The summed E-state index contributed by atoms with van der Waals surface area (Å²) in [6.07, 6.45) is 4.77. The molecule has 27 heavy (non-hydrogen) atoms. The minimum absolute atomic E-state index is 0.162. The molecule has 1 aliphatic carbocycles. The second-order valence-electron chi connectivity index (χ2n) is 7.77. The molecule has 4 rings (SSSR count). The van der Waals surface area contributed by atoms with Crippen molar-refractivity contribution in [2.24, 2.45) is 0 Å². The van der Waals surface area contributed by atoms with E-state index >= 15 is 0 Å². The lowest BCUT2D eigenvalue weighted by molar-refractivity contribution is 0.432. The number of anilines is 1. The van der Waals surface area contributed by atoms with Gasteiger partial charge in [0.05, 0.1) is 0 Å². The average Bonchev–Trinajstić information content (AvgIpc) is 2.98. The van der Waals surface area contributed by atoms with Crippen LogP contribution in [-0.2, 0) is 5.41 Å². The van der Waals surface area contributed by atoms with E-state index in [1.54, 1.807) is 0 Å². The van der Waals surface area contributed by atoms with Gasteiger partial charge in [-0.15, -0.1) is 0 Å². The van der Waals surface area contributed by atoms with Gasteiger partial charge in [-0.1, -0.05) is 80.1 Å². The van der Waals surface area contributed by atoms with Gasteiger partial charge in [-0.3, -0.25) is 0 Å². The SMILES string of the molecule is CCCC1(CCCNc2ccccc2C)c2ccccc2-c2ccccc21. The lowest BCUT2D eigenvalue weighted by atomic mass is 9.71. The molecule has 0 radical (unpaired) electrons. The molecule has 3 aromatic carbocycles. The van der Waals surface area contributed by atoms with E-state index in [9.17, 15) is 0 Å². The quantitative estimate of drug-likeness (QED) is 0.452. The van der Waals surface area contributed by atoms with Gasteiger partial charge in [0.25, 0.3) is 0 Å². The molecule has 0 heterocycles. The van der Waals surface area contributed by atoms with Gasteiger partial charge in [0.2, 0.25) is 0 Å². The number of rotatable bonds is 7. The van der Waals surface area contributed by atoms with E-state index in [1.807, 2.05) is 0 Å². The summed E-state index contributed by atoms with van der Waals surface area (Å²) in [5, 5.41) is 3.64. The Bertz CT molecular complexity index is 879. The number of benzene rings is 3. The summed E-state index contributed by atoms with van der Waals surface area (Å²) in [5.41, 5.74) is 8.68. The van der Waals surface area contributed by atoms with E-state index in [2.05, 4.69) is 92.0 Å². The zero-order valence-electron chi connectivity index (χ0n) is 16.5. The Morgan fingerprint density at radius 2 is 1.33 bits per heavy atom. The van der Waals surface area contributed by atoms with E-state index in [4.69, 9.17) is 0 Å². The Morgan fingerprint density at radius 3 is 1.96 bits per heavy atom. The van der Waals surface area contributed by atoms with Crippen molar-refractivity contribution >= 4 is 5.69 Å². The Morgan fingerprint density at radius 1 is 0.741 bits per heavy atom. The molecule has 0 saturated carbocycles. The van der Waals surface area contributed by atoms with Crippen LogP contribution in [0.2, 0.25) is 0 Å². The largest absolute Gasteiger partial charge is 0.385 e. The van der Waals surface area contributed by atoms with Crippen molar-refractivity contribution < 1.29 is 0 Å². The highest BCUT2D eigenvalue weighted by atomic mass is 14.9. The first-order valence-corrected chi connectivity index (χ1v) is 10.2. The summed E-state index contributed by atoms with van der Waals surface area (Å²) in [7, 11) is 0. The van der Waals surface area contributed by atoms with Crippen molar-refractivity contribution in [3.05, 3.63) is 89.5 Å². The Labute approximate surface area is 163 Å². The molecule has 0 fully saturated rings. The molecule has 3 aromatic rings. The predicted octanol–water partition coefficient (Wildman–Crippen LogP) is 6.95. The Balaban J connectivity index is 1.59. The molecule has 1 aliphatic rings. The molecule has 0 bridgehead atoms. The van der Waals surface area contributed by atoms with Crippen LogP contribution in [0, 0.1) is 6.92 Å². The standard InChI is InChI=1S/C26H29N/c1-3-17-26(18-10-19-27-25-16-9-4-11-20(25)2)23-14-7-5-12-21(23)22-13-6-8-15-24(22)26/h4-9,11-16,27H,3,10,17-19H2,1-2H3. The molecule has 1 nitrogen and oxygen atoms in total. The fourth-order valence-corrected chi connectivity index (χ4v) is 4.89. The number of nitrogens with one attached hydrogen (secondary N) is 1. The zero-order chi connectivity index (χ0) is 18.7. The van der Waals surface area contributed by atoms with Gasteiger partial charge in [-0.05, 0) is 60.1 Å². The smallest absolute Gasteiger partial charge is 0.0369 e. The summed E-state index contributed by atoms with van der Waals surface area (Å²) in [6.45, 7) is 5.50. The first-order chi connectivity index (χ1) is 13.3. The molecule has 0 unspecified atom stereocenters. The highest BCUT2D eigenvalue weighted by Gasteiger charge is 2.41. The highest BCUT2D eigenvalue weighted by molar-refractivity contribution is 5.80. The van der Waals surface area contributed by atoms with Crippen LogP contribution in [0.4, 0.5) is 5.69 Å². The minimum Gasteiger partial charge on any atom is -0.385 e. The van der Waals surface area contributed by atoms with Gasteiger partial charge in [0, 0.05) is 17.6 Å². The van der Waals surface area contributed by atoms with Crippen LogP contribution < -0.4 is 5.32 Å². The van der Waals surface area contributed by atoms with Crippen molar-refractivity contribution in [2.45, 2.75) is 44.9 Å². The molecular weight excluding hydrogens is 326 g/mol. The molecule has 0 saturated heterocycles. The fraction of sp³-hybridized carbons (Fsp3) is 0.308. The van der Waals surface area contributed by atoms with Gasteiger partial charge in [0.15, 0.2) is 0 Å². The van der Waals surface area contributed by atoms with E-state index in [0.717, 1.165) is 13.0 Å². The van der Waals surface area contributed by atoms with Gasteiger partial charge in [0.1, 0.15) is 0 Å². The van der Waals surface area contributed by atoms with Crippen molar-refractivity contribution in [1.82, 2.24) is 0 Å². The summed E-state index contributed by atoms with van der Waals surface area (Å²) in [5.74, 6) is 0. The third kappa shape index (κ3) is 3.16. The third-order valence-electron chi connectivity index (χ3n) is 6.09. The van der Waals surface area contributed by atoms with Crippen molar-refractivity contribution in [3.63, 3.8) is 0 Å². The maximum Gasteiger partial charge on any atom is 0.0369 e. The monoisotopic (exact) mass is 355 g/mol. The Hall–Kier alpha value is -2.54. The molecule has 0 aromatic heterocycles. The fourth-order valence-electron chi connectivity index (χ4n) is 4.89. The third-order valence-corrected chi connectivity index (χ3v) is 6.09. The summed E-state index contributed by atoms with van der Waals surface area (Å²) in [4.78, 5) is 0. The molecule has 0 atom stereocenters. The van der Waals surface area contributed by atoms with Crippen LogP contribution in [-0.4, -0.2) is 6.54 Å². The van der Waals surface area contributed by atoms with Crippen LogP contribution in [0.15, 0.2) is 72.8 Å². The number of hydrogen-bond acceptors (Lipinski definition) is 1. The van der Waals surface area contributed by atoms with E-state index in [-0.39, 0.29) is 5.41 Å². The first kappa shape index (κ1) is 17.9. The van der Waals surface area contributed by atoms with E-state index in [0.29, 0.717) is 0 Å². The van der Waals surface area contributed by atoms with Crippen LogP contribution in [0.5, 0.6) is 0 Å². The van der Waals surface area contributed by atoms with Gasteiger partial charge < -0.3 is 5.32 Å². The van der Waals surface area contributed by atoms with Crippen LogP contribution in [0.25, 0.3) is 11.1 Å². The summed E-state index contributed by atoms with van der Waals surface area (Å²) < 4.78 is 0. The van der Waals surface area contributed by atoms with E-state index in [1.165, 1.54) is 52.8 Å². The average molecular weight is 356 g/mol. The Kier molecular flexibility index (Phi) is 5.03. The molecule has 0 amide bonds. The van der Waals surface area contributed by atoms with Crippen LogP contribution >= 0.6 is 0 Å². The van der Waals surface area contributed by atoms with Crippen molar-refractivity contribution in [1.29, 1.82) is 0 Å². The van der Waals surface area contributed by atoms with Crippen molar-refractivity contribution in [2.75, 3.05) is 11.9 Å². The maximum atomic E-state index is 3.64. The van der Waals surface area contributed by atoms with Crippen LogP contribution in [0.3, 0.4) is 0 Å². The molecule has 1 N–H and O–H groups in total. The molecule has 0 spiro atoms.